The maximum absolute atomic E-state index is 12.4. The van der Waals surface area contributed by atoms with Crippen LogP contribution in [-0.4, -0.2) is 34.5 Å². The molecule has 146 valence electrons. The highest BCUT2D eigenvalue weighted by Gasteiger charge is 2.10. The quantitative estimate of drug-likeness (QED) is 0.685. The lowest BCUT2D eigenvalue weighted by molar-refractivity contribution is -0.121. The Labute approximate surface area is 164 Å². The maximum Gasteiger partial charge on any atom is 0.261 e. The first-order chi connectivity index (χ1) is 13.4. The van der Waals surface area contributed by atoms with Gasteiger partial charge in [-0.2, -0.15) is 0 Å². The van der Waals surface area contributed by atoms with E-state index in [1.54, 1.807) is 13.1 Å². The monoisotopic (exact) mass is 378 g/mol. The molecule has 0 fully saturated rings. The number of carbonyl (C=O) groups is 1. The number of nitrogens with one attached hydrogen (secondary N) is 1. The van der Waals surface area contributed by atoms with E-state index in [4.69, 9.17) is 0 Å². The molecule has 1 aromatic heterocycles. The molecule has 0 radical (unpaired) electrons. The first-order valence-corrected chi connectivity index (χ1v) is 9.38. The van der Waals surface area contributed by atoms with E-state index in [2.05, 4.69) is 27.3 Å². The van der Waals surface area contributed by atoms with Gasteiger partial charge in [0.1, 0.15) is 5.82 Å². The van der Waals surface area contributed by atoms with Crippen molar-refractivity contribution in [2.45, 2.75) is 25.9 Å². The number of para-hydroxylation sites is 1. The molecule has 0 aliphatic heterocycles. The lowest BCUT2D eigenvalue weighted by atomic mass is 10.1. The standard InChI is InChI=1S/C22H26N4O2/c1-25(2)15-17-10-8-16(9-11-17)14-23-21(27)13-12-20-24-19-7-5-4-6-18(19)22(28)26(20)3/h4-11H,12-15H2,1-3H3,(H,23,27). The molecule has 1 heterocycles. The Morgan fingerprint density at radius 3 is 2.46 bits per heavy atom. The Hall–Kier alpha value is -2.99. The molecular weight excluding hydrogens is 352 g/mol. The van der Waals surface area contributed by atoms with Crippen LogP contribution < -0.4 is 10.9 Å². The third kappa shape index (κ3) is 4.84. The van der Waals surface area contributed by atoms with Crippen LogP contribution in [0.3, 0.4) is 0 Å². The zero-order valence-corrected chi connectivity index (χ0v) is 16.6. The molecule has 3 aromatic rings. The first kappa shape index (κ1) is 19.8. The summed E-state index contributed by atoms with van der Waals surface area (Å²) in [5, 5.41) is 3.53. The minimum Gasteiger partial charge on any atom is -0.352 e. The van der Waals surface area contributed by atoms with E-state index in [9.17, 15) is 9.59 Å². The van der Waals surface area contributed by atoms with E-state index in [1.807, 2.05) is 44.4 Å². The number of aryl methyl sites for hydroxylation is 1. The predicted octanol–water partition coefficient (Wildman–Crippen LogP) is 2.24. The SMILES string of the molecule is CN(C)Cc1ccc(CNC(=O)CCc2nc3ccccc3c(=O)n2C)cc1. The van der Waals surface area contributed by atoms with Gasteiger partial charge < -0.3 is 10.2 Å². The number of carbonyl (C=O) groups excluding carboxylic acids is 1. The summed E-state index contributed by atoms with van der Waals surface area (Å²) >= 11 is 0. The van der Waals surface area contributed by atoms with Gasteiger partial charge in [0.05, 0.1) is 10.9 Å². The summed E-state index contributed by atoms with van der Waals surface area (Å²) in [6.45, 7) is 1.38. The van der Waals surface area contributed by atoms with Crippen LogP contribution in [0.4, 0.5) is 0 Å². The summed E-state index contributed by atoms with van der Waals surface area (Å²) in [7, 11) is 5.77. The lowest BCUT2D eigenvalue weighted by Gasteiger charge is -2.11. The van der Waals surface area contributed by atoms with Crippen LogP contribution in [0.15, 0.2) is 53.3 Å². The third-order valence-corrected chi connectivity index (χ3v) is 4.66. The Morgan fingerprint density at radius 2 is 1.75 bits per heavy atom. The van der Waals surface area contributed by atoms with Crippen molar-refractivity contribution in [2.24, 2.45) is 7.05 Å². The van der Waals surface area contributed by atoms with Gasteiger partial charge in [-0.1, -0.05) is 36.4 Å². The van der Waals surface area contributed by atoms with Crippen molar-refractivity contribution in [3.8, 4) is 0 Å². The smallest absolute Gasteiger partial charge is 0.261 e. The fraction of sp³-hybridized carbons (Fsp3) is 0.318. The largest absolute Gasteiger partial charge is 0.352 e. The molecule has 3 rings (SSSR count). The highest BCUT2D eigenvalue weighted by molar-refractivity contribution is 5.78. The van der Waals surface area contributed by atoms with Gasteiger partial charge in [0, 0.05) is 33.0 Å². The van der Waals surface area contributed by atoms with Crippen LogP contribution in [0.25, 0.3) is 10.9 Å². The number of rotatable bonds is 7. The zero-order valence-electron chi connectivity index (χ0n) is 16.6. The summed E-state index contributed by atoms with van der Waals surface area (Å²) in [4.78, 5) is 31.3. The van der Waals surface area contributed by atoms with Gasteiger partial charge in [0.25, 0.3) is 5.56 Å². The summed E-state index contributed by atoms with van der Waals surface area (Å²) < 4.78 is 1.53. The number of amides is 1. The van der Waals surface area contributed by atoms with Gasteiger partial charge in [0.2, 0.25) is 5.91 Å². The molecule has 2 aromatic carbocycles. The van der Waals surface area contributed by atoms with Crippen LogP contribution in [0.1, 0.15) is 23.4 Å². The van der Waals surface area contributed by atoms with Crippen molar-refractivity contribution in [1.82, 2.24) is 19.8 Å². The second-order valence-corrected chi connectivity index (χ2v) is 7.24. The summed E-state index contributed by atoms with van der Waals surface area (Å²) in [6, 6.07) is 15.5. The van der Waals surface area contributed by atoms with Crippen molar-refractivity contribution < 1.29 is 4.79 Å². The average Bonchev–Trinajstić information content (AvgIpc) is 2.68. The molecule has 0 saturated carbocycles. The van der Waals surface area contributed by atoms with Crippen LogP contribution in [-0.2, 0) is 31.4 Å². The molecule has 0 aliphatic rings. The molecule has 0 aliphatic carbocycles. The van der Waals surface area contributed by atoms with Crippen molar-refractivity contribution in [3.05, 3.63) is 75.8 Å². The van der Waals surface area contributed by atoms with Crippen molar-refractivity contribution in [2.75, 3.05) is 14.1 Å². The molecule has 1 amide bonds. The Balaban J connectivity index is 1.57. The number of hydrogen-bond donors (Lipinski definition) is 1. The number of benzene rings is 2. The third-order valence-electron chi connectivity index (χ3n) is 4.66. The van der Waals surface area contributed by atoms with E-state index < -0.39 is 0 Å². The number of fused-ring (bicyclic) bond motifs is 1. The highest BCUT2D eigenvalue weighted by Crippen LogP contribution is 2.09. The normalized spacial score (nSPS) is 11.1. The fourth-order valence-electron chi connectivity index (χ4n) is 3.13. The average molecular weight is 378 g/mol. The summed E-state index contributed by atoms with van der Waals surface area (Å²) in [6.07, 6.45) is 0.710. The molecule has 28 heavy (non-hydrogen) atoms. The van der Waals surface area contributed by atoms with Gasteiger partial charge >= 0.3 is 0 Å². The molecule has 6 nitrogen and oxygen atoms in total. The van der Waals surface area contributed by atoms with E-state index in [0.29, 0.717) is 29.7 Å². The van der Waals surface area contributed by atoms with E-state index >= 15 is 0 Å². The second kappa shape index (κ2) is 8.80. The summed E-state index contributed by atoms with van der Waals surface area (Å²) in [5.41, 5.74) is 2.88. The molecular formula is C22H26N4O2. The highest BCUT2D eigenvalue weighted by atomic mass is 16.1. The van der Waals surface area contributed by atoms with Crippen molar-refractivity contribution >= 4 is 16.8 Å². The van der Waals surface area contributed by atoms with E-state index in [1.165, 1.54) is 10.1 Å². The Morgan fingerprint density at radius 1 is 1.07 bits per heavy atom. The fourth-order valence-corrected chi connectivity index (χ4v) is 3.13. The lowest BCUT2D eigenvalue weighted by Crippen LogP contribution is -2.26. The van der Waals surface area contributed by atoms with Crippen LogP contribution in [0.2, 0.25) is 0 Å². The van der Waals surface area contributed by atoms with Gasteiger partial charge in [-0.3, -0.25) is 14.2 Å². The minimum atomic E-state index is -0.0844. The van der Waals surface area contributed by atoms with Gasteiger partial charge in [-0.15, -0.1) is 0 Å². The first-order valence-electron chi connectivity index (χ1n) is 9.38. The van der Waals surface area contributed by atoms with Crippen LogP contribution in [0.5, 0.6) is 0 Å². The molecule has 1 N–H and O–H groups in total. The minimum absolute atomic E-state index is 0.0558. The van der Waals surface area contributed by atoms with Crippen LogP contribution >= 0.6 is 0 Å². The molecule has 0 unspecified atom stereocenters. The van der Waals surface area contributed by atoms with E-state index in [0.717, 1.165) is 12.1 Å². The number of hydrogen-bond acceptors (Lipinski definition) is 4. The number of aromatic nitrogens is 2. The molecule has 6 heteroatoms. The molecule has 0 saturated heterocycles. The van der Waals surface area contributed by atoms with Gasteiger partial charge in [0.15, 0.2) is 0 Å². The van der Waals surface area contributed by atoms with Crippen molar-refractivity contribution in [3.63, 3.8) is 0 Å². The van der Waals surface area contributed by atoms with Gasteiger partial charge in [-0.25, -0.2) is 4.98 Å². The second-order valence-electron chi connectivity index (χ2n) is 7.24. The van der Waals surface area contributed by atoms with E-state index in [-0.39, 0.29) is 17.9 Å². The summed E-state index contributed by atoms with van der Waals surface area (Å²) in [5.74, 6) is 0.562. The molecule has 0 bridgehead atoms. The van der Waals surface area contributed by atoms with Crippen molar-refractivity contribution in [1.29, 1.82) is 0 Å². The predicted molar refractivity (Wildman–Crippen MR) is 111 cm³/mol. The maximum atomic E-state index is 12.4. The topological polar surface area (TPSA) is 67.2 Å². The number of nitrogens with zero attached hydrogens (tertiary/aromatic N) is 3. The Bertz CT molecular complexity index is 1020. The molecule has 0 spiro atoms. The van der Waals surface area contributed by atoms with Gasteiger partial charge in [-0.05, 0) is 37.4 Å². The molecule has 0 atom stereocenters. The van der Waals surface area contributed by atoms with Crippen LogP contribution in [0, 0.1) is 0 Å². The zero-order chi connectivity index (χ0) is 20.1. The Kier molecular flexibility index (Phi) is 6.21.